The molecule has 0 spiro atoms. The van der Waals surface area contributed by atoms with E-state index in [4.69, 9.17) is 4.74 Å². The molecule has 5 heteroatoms. The minimum Gasteiger partial charge on any atom is -0.447 e. The van der Waals surface area contributed by atoms with Crippen LogP contribution in [0, 0.1) is 0 Å². The molecule has 0 bridgehead atoms. The predicted molar refractivity (Wildman–Crippen MR) is 95.1 cm³/mol. The van der Waals surface area contributed by atoms with Crippen LogP contribution in [0.4, 0.5) is 4.79 Å². The van der Waals surface area contributed by atoms with Crippen molar-refractivity contribution < 1.29 is 14.3 Å². The number of cyclic esters (lactones) is 1. The molecule has 2 atom stereocenters. The van der Waals surface area contributed by atoms with Gasteiger partial charge in [0.1, 0.15) is 6.61 Å². The average Bonchev–Trinajstić information content (AvgIpc) is 2.97. The number of nitrogens with zero attached hydrogens (tertiary/aromatic N) is 1. The molecule has 2 amide bonds. The Morgan fingerprint density at radius 3 is 2.04 bits per heavy atom. The summed E-state index contributed by atoms with van der Waals surface area (Å²) in [7, 11) is 0. The molecule has 0 saturated carbocycles. The maximum atomic E-state index is 12.5. The van der Waals surface area contributed by atoms with Crippen molar-refractivity contribution in [2.75, 3.05) is 6.61 Å². The molecule has 0 aromatic heterocycles. The monoisotopic (exact) mass is 387 g/mol. The van der Waals surface area contributed by atoms with Gasteiger partial charge in [0.25, 0.3) is 0 Å². The van der Waals surface area contributed by atoms with Gasteiger partial charge in [0.05, 0.1) is 10.9 Å². The van der Waals surface area contributed by atoms with Crippen LogP contribution < -0.4 is 0 Å². The number of carbonyl (C=O) groups is 2. The van der Waals surface area contributed by atoms with Crippen molar-refractivity contribution in [2.45, 2.75) is 23.7 Å². The van der Waals surface area contributed by atoms with E-state index in [-0.39, 0.29) is 24.5 Å². The summed E-state index contributed by atoms with van der Waals surface area (Å²) in [4.78, 5) is 25.5. The fraction of sp³-hybridized carbons (Fsp3) is 0.263. The second-order valence-electron chi connectivity index (χ2n) is 5.77. The van der Waals surface area contributed by atoms with Crippen LogP contribution in [-0.4, -0.2) is 34.4 Å². The van der Waals surface area contributed by atoms with E-state index in [1.807, 2.05) is 60.7 Å². The first-order chi connectivity index (χ1) is 11.6. The van der Waals surface area contributed by atoms with Crippen LogP contribution in [0.3, 0.4) is 0 Å². The highest BCUT2D eigenvalue weighted by Gasteiger charge is 2.44. The molecule has 0 radical (unpaired) electrons. The minimum atomic E-state index is -0.576. The van der Waals surface area contributed by atoms with Gasteiger partial charge >= 0.3 is 6.09 Å². The van der Waals surface area contributed by atoms with Gasteiger partial charge in [-0.1, -0.05) is 76.6 Å². The number of halogens is 1. The summed E-state index contributed by atoms with van der Waals surface area (Å²) in [6, 6.07) is 19.4. The number of amides is 2. The standard InChI is InChI=1S/C19H18BrNO3/c1-13(20)18(22)21-16(12-24-19(21)23)17(14-8-4-2-5-9-14)15-10-6-3-7-11-15/h2-11,13,16-17H,12H2,1H3/t13-,16+/m1/s1. The van der Waals surface area contributed by atoms with Crippen molar-refractivity contribution in [2.24, 2.45) is 0 Å². The summed E-state index contributed by atoms with van der Waals surface area (Å²) in [5.41, 5.74) is 2.10. The van der Waals surface area contributed by atoms with Gasteiger partial charge in [-0.2, -0.15) is 0 Å². The lowest BCUT2D eigenvalue weighted by atomic mass is 9.85. The largest absolute Gasteiger partial charge is 0.447 e. The normalized spacial score (nSPS) is 18.5. The number of imide groups is 1. The SMILES string of the molecule is C[C@@H](Br)C(=O)N1C(=O)OC[C@H]1C(c1ccccc1)c1ccccc1. The molecule has 1 heterocycles. The Hall–Kier alpha value is -2.14. The van der Waals surface area contributed by atoms with E-state index in [0.717, 1.165) is 11.1 Å². The van der Waals surface area contributed by atoms with Gasteiger partial charge < -0.3 is 4.74 Å². The van der Waals surface area contributed by atoms with E-state index in [0.29, 0.717) is 0 Å². The summed E-state index contributed by atoms with van der Waals surface area (Å²) in [6.45, 7) is 1.91. The second kappa shape index (κ2) is 7.18. The highest BCUT2D eigenvalue weighted by atomic mass is 79.9. The van der Waals surface area contributed by atoms with Gasteiger partial charge in [0, 0.05) is 5.92 Å². The minimum absolute atomic E-state index is 0.131. The van der Waals surface area contributed by atoms with Crippen LogP contribution in [0.25, 0.3) is 0 Å². The molecule has 1 aliphatic rings. The molecule has 124 valence electrons. The number of carbonyl (C=O) groups excluding carboxylic acids is 2. The molecular formula is C19H18BrNO3. The Balaban J connectivity index is 2.05. The lowest BCUT2D eigenvalue weighted by molar-refractivity contribution is -0.128. The number of alkyl halides is 1. The van der Waals surface area contributed by atoms with Gasteiger partial charge in [-0.25, -0.2) is 9.69 Å². The number of rotatable bonds is 4. The number of ether oxygens (including phenoxy) is 1. The number of benzene rings is 2. The summed E-state index contributed by atoms with van der Waals surface area (Å²) in [5, 5.41) is 0. The summed E-state index contributed by atoms with van der Waals surface area (Å²) in [5.74, 6) is -0.409. The van der Waals surface area contributed by atoms with Crippen molar-refractivity contribution >= 4 is 27.9 Å². The Labute approximate surface area is 149 Å². The van der Waals surface area contributed by atoms with Crippen LogP contribution in [0.2, 0.25) is 0 Å². The molecule has 24 heavy (non-hydrogen) atoms. The van der Waals surface area contributed by atoms with E-state index < -0.39 is 10.9 Å². The van der Waals surface area contributed by atoms with Gasteiger partial charge in [0.2, 0.25) is 5.91 Å². The first-order valence-electron chi connectivity index (χ1n) is 7.83. The molecule has 0 unspecified atom stereocenters. The Bertz CT molecular complexity index is 678. The zero-order valence-electron chi connectivity index (χ0n) is 13.3. The number of hydrogen-bond acceptors (Lipinski definition) is 3. The fourth-order valence-electron chi connectivity index (χ4n) is 3.08. The smallest absolute Gasteiger partial charge is 0.417 e. The van der Waals surface area contributed by atoms with E-state index >= 15 is 0 Å². The fourth-order valence-corrected chi connectivity index (χ4v) is 3.30. The zero-order chi connectivity index (χ0) is 17.1. The highest BCUT2D eigenvalue weighted by Crippen LogP contribution is 2.34. The quantitative estimate of drug-likeness (QED) is 0.746. The molecule has 1 fully saturated rings. The van der Waals surface area contributed by atoms with Crippen molar-refractivity contribution in [3.05, 3.63) is 71.8 Å². The van der Waals surface area contributed by atoms with Crippen molar-refractivity contribution in [1.29, 1.82) is 0 Å². The third-order valence-electron chi connectivity index (χ3n) is 4.19. The first kappa shape index (κ1) is 16.7. The molecule has 1 aliphatic heterocycles. The van der Waals surface area contributed by atoms with Gasteiger partial charge in [-0.15, -0.1) is 0 Å². The Kier molecular flexibility index (Phi) is 5.00. The molecule has 4 nitrogen and oxygen atoms in total. The summed E-state index contributed by atoms with van der Waals surface area (Å²) in [6.07, 6.45) is -0.576. The van der Waals surface area contributed by atoms with Crippen LogP contribution >= 0.6 is 15.9 Å². The second-order valence-corrected chi connectivity index (χ2v) is 7.14. The van der Waals surface area contributed by atoms with Crippen molar-refractivity contribution in [3.63, 3.8) is 0 Å². The van der Waals surface area contributed by atoms with E-state index in [2.05, 4.69) is 15.9 Å². The maximum absolute atomic E-state index is 12.5. The molecule has 0 aliphatic carbocycles. The van der Waals surface area contributed by atoms with E-state index in [1.165, 1.54) is 4.90 Å². The summed E-state index contributed by atoms with van der Waals surface area (Å²) < 4.78 is 5.22. The third-order valence-corrected chi connectivity index (χ3v) is 4.58. The molecule has 2 aromatic rings. The van der Waals surface area contributed by atoms with E-state index in [9.17, 15) is 9.59 Å². The van der Waals surface area contributed by atoms with Crippen LogP contribution in [0.5, 0.6) is 0 Å². The van der Waals surface area contributed by atoms with E-state index in [1.54, 1.807) is 6.92 Å². The highest BCUT2D eigenvalue weighted by molar-refractivity contribution is 9.10. The maximum Gasteiger partial charge on any atom is 0.417 e. The molecule has 2 aromatic carbocycles. The third kappa shape index (κ3) is 3.22. The first-order valence-corrected chi connectivity index (χ1v) is 8.75. The Morgan fingerprint density at radius 2 is 1.58 bits per heavy atom. The lowest BCUT2D eigenvalue weighted by Crippen LogP contribution is -2.45. The predicted octanol–water partition coefficient (Wildman–Crippen LogP) is 3.95. The van der Waals surface area contributed by atoms with Gasteiger partial charge in [0.15, 0.2) is 0 Å². The van der Waals surface area contributed by atoms with Crippen molar-refractivity contribution in [1.82, 2.24) is 4.90 Å². The molecule has 3 rings (SSSR count). The molecule has 0 N–H and O–H groups in total. The average molecular weight is 388 g/mol. The lowest BCUT2D eigenvalue weighted by Gasteiger charge is -2.29. The zero-order valence-corrected chi connectivity index (χ0v) is 14.8. The molecule has 1 saturated heterocycles. The van der Waals surface area contributed by atoms with Gasteiger partial charge in [-0.3, -0.25) is 4.79 Å². The topological polar surface area (TPSA) is 46.6 Å². The summed E-state index contributed by atoms with van der Waals surface area (Å²) >= 11 is 3.27. The van der Waals surface area contributed by atoms with Gasteiger partial charge in [-0.05, 0) is 18.1 Å². The number of hydrogen-bond donors (Lipinski definition) is 0. The Morgan fingerprint density at radius 1 is 1.08 bits per heavy atom. The van der Waals surface area contributed by atoms with Crippen molar-refractivity contribution in [3.8, 4) is 0 Å². The van der Waals surface area contributed by atoms with Crippen LogP contribution in [-0.2, 0) is 9.53 Å². The van der Waals surface area contributed by atoms with Crippen LogP contribution in [0.1, 0.15) is 24.0 Å². The van der Waals surface area contributed by atoms with Crippen LogP contribution in [0.15, 0.2) is 60.7 Å². The molecular weight excluding hydrogens is 370 g/mol.